The smallest absolute Gasteiger partial charge is 0.274 e. The number of aromatic nitrogens is 3. The fraction of sp³-hybridized carbons (Fsp3) is 0.353. The molecule has 4 heterocycles. The summed E-state index contributed by atoms with van der Waals surface area (Å²) in [4.78, 5) is 31.6. The maximum Gasteiger partial charge on any atom is 0.274 e. The average molecular weight is 664 g/mol. The molecule has 2 aliphatic heterocycles. The number of pyridine rings is 1. The second-order valence-electron chi connectivity index (χ2n) is 12.1. The molecule has 12 heteroatoms. The molecule has 10 nitrogen and oxygen atoms in total. The molecule has 6 rings (SSSR count). The highest BCUT2D eigenvalue weighted by Gasteiger charge is 2.37. The summed E-state index contributed by atoms with van der Waals surface area (Å²) in [5.41, 5.74) is 6.25. The highest BCUT2D eigenvalue weighted by Crippen LogP contribution is 2.41. The van der Waals surface area contributed by atoms with Crippen LogP contribution in [0.3, 0.4) is 0 Å². The zero-order valence-corrected chi connectivity index (χ0v) is 27.5. The van der Waals surface area contributed by atoms with E-state index in [0.717, 1.165) is 29.8 Å². The standard InChI is InChI=1S/C34H36Cl2N6O4/c1-20-14-26(38-28-16-41(12-13-43)11-10-21(20)28)32(44)39-25-9-5-7-23(31(25)36)22-6-4-8-24(30(22)35)27-15-37-29(33(40-27)46-3)17-42-18-34(2,45)19-42/h4-9,14-15,43,45H,10-13,16-19H2,1-3H3,(H,39,44). The summed E-state index contributed by atoms with van der Waals surface area (Å²) in [6, 6.07) is 12.8. The summed E-state index contributed by atoms with van der Waals surface area (Å²) in [5, 5.41) is 23.1. The van der Waals surface area contributed by atoms with Gasteiger partial charge >= 0.3 is 0 Å². The van der Waals surface area contributed by atoms with Crippen molar-refractivity contribution in [3.05, 3.63) is 86.9 Å². The van der Waals surface area contributed by atoms with Crippen LogP contribution < -0.4 is 10.1 Å². The first-order valence-corrected chi connectivity index (χ1v) is 15.9. The number of likely N-dealkylation sites (tertiary alicyclic amines) is 1. The lowest BCUT2D eigenvalue weighted by molar-refractivity contribution is -0.0878. The number of hydrogen-bond acceptors (Lipinski definition) is 9. The Kier molecular flexibility index (Phi) is 9.29. The van der Waals surface area contributed by atoms with Crippen molar-refractivity contribution in [2.75, 3.05) is 45.2 Å². The number of hydrogen-bond donors (Lipinski definition) is 3. The van der Waals surface area contributed by atoms with Crippen LogP contribution in [0, 0.1) is 6.92 Å². The van der Waals surface area contributed by atoms with E-state index in [-0.39, 0.29) is 12.5 Å². The molecule has 2 aromatic carbocycles. The summed E-state index contributed by atoms with van der Waals surface area (Å²) >= 11 is 13.9. The van der Waals surface area contributed by atoms with E-state index in [1.54, 1.807) is 19.4 Å². The number of β-amino-alcohol motifs (C(OH)–C–C–N with tert-alkyl or cyclic N) is 2. The number of nitrogens with one attached hydrogen (secondary N) is 1. The van der Waals surface area contributed by atoms with Crippen molar-refractivity contribution in [3.63, 3.8) is 0 Å². The zero-order valence-electron chi connectivity index (χ0n) is 26.0. The topological polar surface area (TPSA) is 124 Å². The molecule has 0 atom stereocenters. The number of aliphatic hydroxyl groups is 2. The Hall–Kier alpha value is -3.64. The van der Waals surface area contributed by atoms with Gasteiger partial charge in [0.05, 0.1) is 52.6 Å². The number of aliphatic hydroxyl groups excluding tert-OH is 1. The molecule has 1 amide bonds. The number of ether oxygens (including phenoxy) is 1. The molecule has 2 aliphatic rings. The van der Waals surface area contributed by atoms with E-state index in [9.17, 15) is 15.0 Å². The molecule has 3 N–H and O–H groups in total. The number of halogens is 2. The molecule has 0 radical (unpaired) electrons. The highest BCUT2D eigenvalue weighted by molar-refractivity contribution is 6.39. The van der Waals surface area contributed by atoms with Gasteiger partial charge < -0.3 is 20.3 Å². The van der Waals surface area contributed by atoms with Gasteiger partial charge in [-0.3, -0.25) is 19.6 Å². The average Bonchev–Trinajstić information content (AvgIpc) is 3.01. The Morgan fingerprint density at radius 2 is 1.78 bits per heavy atom. The fourth-order valence-electron chi connectivity index (χ4n) is 6.25. The first-order chi connectivity index (χ1) is 22.1. The van der Waals surface area contributed by atoms with E-state index in [1.807, 2.05) is 50.2 Å². The predicted octanol–water partition coefficient (Wildman–Crippen LogP) is 5.00. The van der Waals surface area contributed by atoms with Crippen molar-refractivity contribution < 1.29 is 19.7 Å². The quantitative estimate of drug-likeness (QED) is 0.227. The van der Waals surface area contributed by atoms with Crippen molar-refractivity contribution >= 4 is 34.8 Å². The normalized spacial score (nSPS) is 16.1. The minimum Gasteiger partial charge on any atom is -0.480 e. The molecule has 240 valence electrons. The Morgan fingerprint density at radius 3 is 2.50 bits per heavy atom. The van der Waals surface area contributed by atoms with Gasteiger partial charge in [0, 0.05) is 56.0 Å². The predicted molar refractivity (Wildman–Crippen MR) is 178 cm³/mol. The van der Waals surface area contributed by atoms with Crippen LogP contribution in [-0.2, 0) is 19.5 Å². The number of fused-ring (bicyclic) bond motifs is 1. The molecular weight excluding hydrogens is 627 g/mol. The maximum atomic E-state index is 13.4. The molecular formula is C34H36Cl2N6O4. The Balaban J connectivity index is 1.25. The molecule has 0 spiro atoms. The van der Waals surface area contributed by atoms with Gasteiger partial charge in [-0.25, -0.2) is 9.97 Å². The molecule has 0 aliphatic carbocycles. The van der Waals surface area contributed by atoms with Crippen LogP contribution in [0.5, 0.6) is 5.88 Å². The SMILES string of the molecule is COc1nc(-c2cccc(-c3cccc(NC(=O)c4cc(C)c5c(n4)CN(CCO)CC5)c3Cl)c2Cl)cnc1CN1CC(C)(O)C1. The maximum absolute atomic E-state index is 13.4. The second kappa shape index (κ2) is 13.2. The third kappa shape index (κ3) is 6.60. The number of rotatable bonds is 9. The lowest BCUT2D eigenvalue weighted by Crippen LogP contribution is -2.59. The lowest BCUT2D eigenvalue weighted by Gasteiger charge is -2.44. The zero-order chi connectivity index (χ0) is 32.6. The lowest BCUT2D eigenvalue weighted by atomic mass is 9.97. The molecule has 1 saturated heterocycles. The Bertz CT molecular complexity index is 1790. The fourth-order valence-corrected chi connectivity index (χ4v) is 6.85. The van der Waals surface area contributed by atoms with Crippen LogP contribution in [0.4, 0.5) is 5.69 Å². The van der Waals surface area contributed by atoms with Gasteiger partial charge in [-0.1, -0.05) is 53.5 Å². The number of carbonyl (C=O) groups is 1. The van der Waals surface area contributed by atoms with Gasteiger partial charge in [0.15, 0.2) is 0 Å². The molecule has 4 aromatic rings. The van der Waals surface area contributed by atoms with Crippen molar-refractivity contribution in [1.82, 2.24) is 24.8 Å². The molecule has 1 fully saturated rings. The summed E-state index contributed by atoms with van der Waals surface area (Å²) in [5.74, 6) is 0.0220. The van der Waals surface area contributed by atoms with E-state index in [0.29, 0.717) is 88.1 Å². The highest BCUT2D eigenvalue weighted by atomic mass is 35.5. The summed E-state index contributed by atoms with van der Waals surface area (Å²) in [7, 11) is 1.55. The van der Waals surface area contributed by atoms with Gasteiger partial charge in [-0.05, 0) is 43.5 Å². The number of benzene rings is 2. The first-order valence-electron chi connectivity index (χ1n) is 15.1. The number of nitrogens with zero attached hydrogens (tertiary/aromatic N) is 5. The van der Waals surface area contributed by atoms with E-state index in [1.165, 1.54) is 0 Å². The van der Waals surface area contributed by atoms with Gasteiger partial charge in [0.25, 0.3) is 5.91 Å². The summed E-state index contributed by atoms with van der Waals surface area (Å²) in [6.07, 6.45) is 2.49. The van der Waals surface area contributed by atoms with Crippen LogP contribution in [0.15, 0.2) is 48.7 Å². The van der Waals surface area contributed by atoms with Crippen LogP contribution in [0.2, 0.25) is 10.0 Å². The Morgan fingerprint density at radius 1 is 1.07 bits per heavy atom. The first kappa shape index (κ1) is 32.3. The third-order valence-electron chi connectivity index (χ3n) is 8.45. The van der Waals surface area contributed by atoms with Crippen LogP contribution >= 0.6 is 23.2 Å². The monoisotopic (exact) mass is 662 g/mol. The molecule has 0 bridgehead atoms. The van der Waals surface area contributed by atoms with Crippen LogP contribution in [-0.4, -0.2) is 86.4 Å². The van der Waals surface area contributed by atoms with Crippen LogP contribution in [0.1, 0.15) is 39.9 Å². The molecule has 46 heavy (non-hydrogen) atoms. The van der Waals surface area contributed by atoms with Crippen molar-refractivity contribution in [3.8, 4) is 28.3 Å². The largest absolute Gasteiger partial charge is 0.480 e. The number of anilines is 1. The van der Waals surface area contributed by atoms with E-state index < -0.39 is 5.60 Å². The minimum atomic E-state index is -0.684. The van der Waals surface area contributed by atoms with Crippen molar-refractivity contribution in [2.24, 2.45) is 0 Å². The summed E-state index contributed by atoms with van der Waals surface area (Å²) < 4.78 is 5.56. The van der Waals surface area contributed by atoms with Crippen LogP contribution in [0.25, 0.3) is 22.4 Å². The molecule has 2 aromatic heterocycles. The van der Waals surface area contributed by atoms with Gasteiger partial charge in [0.1, 0.15) is 11.4 Å². The van der Waals surface area contributed by atoms with E-state index in [2.05, 4.69) is 25.1 Å². The molecule has 0 saturated carbocycles. The number of carbonyl (C=O) groups excluding carboxylic acids is 1. The summed E-state index contributed by atoms with van der Waals surface area (Å²) in [6.45, 7) is 7.51. The number of methoxy groups -OCH3 is 1. The number of aryl methyl sites for hydroxylation is 1. The second-order valence-corrected chi connectivity index (χ2v) is 12.9. The third-order valence-corrected chi connectivity index (χ3v) is 9.27. The van der Waals surface area contributed by atoms with Crippen molar-refractivity contribution in [2.45, 2.75) is 39.0 Å². The van der Waals surface area contributed by atoms with Gasteiger partial charge in [-0.15, -0.1) is 0 Å². The van der Waals surface area contributed by atoms with Gasteiger partial charge in [0.2, 0.25) is 5.88 Å². The van der Waals surface area contributed by atoms with Gasteiger partial charge in [-0.2, -0.15) is 0 Å². The minimum absolute atomic E-state index is 0.0781. The van der Waals surface area contributed by atoms with Crippen molar-refractivity contribution in [1.29, 1.82) is 0 Å². The van der Waals surface area contributed by atoms with E-state index in [4.69, 9.17) is 32.9 Å². The molecule has 0 unspecified atom stereocenters. The van der Waals surface area contributed by atoms with E-state index >= 15 is 0 Å². The Labute approximate surface area is 278 Å². The number of amides is 1.